The van der Waals surface area contributed by atoms with Crippen LogP contribution in [0.1, 0.15) is 54.4 Å². The van der Waals surface area contributed by atoms with Gasteiger partial charge in [0.15, 0.2) is 5.78 Å². The average Bonchev–Trinajstić information content (AvgIpc) is 2.89. The Bertz CT molecular complexity index is 518. The summed E-state index contributed by atoms with van der Waals surface area (Å²) in [6.45, 7) is 2.38. The number of hydrogen-bond acceptors (Lipinski definition) is 2. The maximum Gasteiger partial charge on any atom is 0.166 e. The lowest BCUT2D eigenvalue weighted by atomic mass is 9.80. The number of halogens is 1. The number of aryl methyl sites for hydroxylation is 1. The Kier molecular flexibility index (Phi) is 3.63. The number of benzene rings is 1. The van der Waals surface area contributed by atoms with Gasteiger partial charge in [0.1, 0.15) is 5.82 Å². The molecule has 2 aliphatic rings. The van der Waals surface area contributed by atoms with E-state index in [1.54, 1.807) is 19.1 Å². The minimum absolute atomic E-state index is 0.0340. The first-order chi connectivity index (χ1) is 9.60. The average molecular weight is 276 g/mol. The molecule has 1 atom stereocenters. The van der Waals surface area contributed by atoms with Crippen LogP contribution in [0.15, 0.2) is 18.2 Å². The predicted octanol–water partition coefficient (Wildman–Crippen LogP) is 4.06. The molecule has 1 aliphatic heterocycles. The summed E-state index contributed by atoms with van der Waals surface area (Å²) < 4.78 is 19.3. The molecule has 1 unspecified atom stereocenters. The Hall–Kier alpha value is -1.22. The van der Waals surface area contributed by atoms with E-state index in [1.807, 2.05) is 0 Å². The van der Waals surface area contributed by atoms with Crippen molar-refractivity contribution < 1.29 is 13.9 Å². The van der Waals surface area contributed by atoms with Crippen molar-refractivity contribution in [1.29, 1.82) is 0 Å². The summed E-state index contributed by atoms with van der Waals surface area (Å²) in [5.74, 6) is -0.0600. The second kappa shape index (κ2) is 5.28. The van der Waals surface area contributed by atoms with Crippen LogP contribution in [0.3, 0.4) is 0 Å². The van der Waals surface area contributed by atoms with Gasteiger partial charge in [-0.1, -0.05) is 12.8 Å². The van der Waals surface area contributed by atoms with Crippen LogP contribution >= 0.6 is 0 Å². The molecule has 1 spiro atoms. The molecule has 1 heterocycles. The Balaban J connectivity index is 1.77. The highest BCUT2D eigenvalue weighted by Crippen LogP contribution is 2.42. The zero-order valence-electron chi connectivity index (χ0n) is 12.0. The van der Waals surface area contributed by atoms with Crippen molar-refractivity contribution in [3.8, 4) is 0 Å². The third-order valence-electron chi connectivity index (χ3n) is 4.82. The number of carbonyl (C=O) groups is 1. The lowest BCUT2D eigenvalue weighted by Gasteiger charge is -2.37. The minimum Gasteiger partial charge on any atom is -0.375 e. The molecule has 0 bridgehead atoms. The van der Waals surface area contributed by atoms with Crippen LogP contribution < -0.4 is 0 Å². The molecule has 3 rings (SSSR count). The van der Waals surface area contributed by atoms with Crippen molar-refractivity contribution in [3.05, 3.63) is 35.1 Å². The highest BCUT2D eigenvalue weighted by atomic mass is 19.1. The van der Waals surface area contributed by atoms with E-state index in [9.17, 15) is 9.18 Å². The van der Waals surface area contributed by atoms with E-state index in [0.717, 1.165) is 25.7 Å². The molecule has 1 aromatic carbocycles. The normalized spacial score (nSPS) is 25.0. The molecule has 20 heavy (non-hydrogen) atoms. The van der Waals surface area contributed by atoms with E-state index in [1.165, 1.54) is 18.9 Å². The molecule has 2 fully saturated rings. The predicted molar refractivity (Wildman–Crippen MR) is 75.3 cm³/mol. The SMILES string of the molecule is Cc1cc(C(=O)C2CCOC3(CCCC3)C2)ccc1F. The maximum atomic E-state index is 13.3. The van der Waals surface area contributed by atoms with Gasteiger partial charge in [0, 0.05) is 18.1 Å². The highest BCUT2D eigenvalue weighted by molar-refractivity contribution is 5.98. The van der Waals surface area contributed by atoms with Crippen LogP contribution in [0.2, 0.25) is 0 Å². The van der Waals surface area contributed by atoms with Gasteiger partial charge in [0.25, 0.3) is 0 Å². The monoisotopic (exact) mass is 276 g/mol. The molecule has 2 nitrogen and oxygen atoms in total. The summed E-state index contributed by atoms with van der Waals surface area (Å²) in [6, 6.07) is 4.68. The third kappa shape index (κ3) is 2.51. The Morgan fingerprint density at radius 2 is 2.10 bits per heavy atom. The lowest BCUT2D eigenvalue weighted by Crippen LogP contribution is -2.39. The largest absolute Gasteiger partial charge is 0.375 e. The molecular formula is C17H21FO2. The zero-order chi connectivity index (χ0) is 14.2. The first-order valence-electron chi connectivity index (χ1n) is 7.54. The van der Waals surface area contributed by atoms with Gasteiger partial charge in [-0.3, -0.25) is 4.79 Å². The molecular weight excluding hydrogens is 255 g/mol. The fourth-order valence-corrected chi connectivity index (χ4v) is 3.65. The van der Waals surface area contributed by atoms with Gasteiger partial charge in [-0.15, -0.1) is 0 Å². The molecule has 0 amide bonds. The molecule has 3 heteroatoms. The Labute approximate surface area is 119 Å². The number of ketones is 1. The molecule has 1 saturated carbocycles. The maximum absolute atomic E-state index is 13.3. The Morgan fingerprint density at radius 3 is 2.80 bits per heavy atom. The lowest BCUT2D eigenvalue weighted by molar-refractivity contribution is -0.0866. The van der Waals surface area contributed by atoms with Gasteiger partial charge < -0.3 is 4.74 Å². The van der Waals surface area contributed by atoms with E-state index in [-0.39, 0.29) is 23.1 Å². The molecule has 1 aliphatic carbocycles. The second-order valence-corrected chi connectivity index (χ2v) is 6.26. The minimum atomic E-state index is -0.249. The quantitative estimate of drug-likeness (QED) is 0.761. The van der Waals surface area contributed by atoms with Crippen LogP contribution in [0.25, 0.3) is 0 Å². The van der Waals surface area contributed by atoms with Gasteiger partial charge in [-0.2, -0.15) is 0 Å². The number of hydrogen-bond donors (Lipinski definition) is 0. The molecule has 108 valence electrons. The van der Waals surface area contributed by atoms with Gasteiger partial charge in [-0.25, -0.2) is 4.39 Å². The van der Waals surface area contributed by atoms with E-state index >= 15 is 0 Å². The number of rotatable bonds is 2. The zero-order valence-corrected chi connectivity index (χ0v) is 12.0. The molecule has 0 N–H and O–H groups in total. The molecule has 1 aromatic rings. The highest BCUT2D eigenvalue weighted by Gasteiger charge is 2.41. The standard InChI is InChI=1S/C17H21FO2/c1-12-10-13(4-5-15(12)18)16(19)14-6-9-20-17(11-14)7-2-3-8-17/h4-5,10,14H,2-3,6-9,11H2,1H3. The van der Waals surface area contributed by atoms with Crippen molar-refractivity contribution in [2.24, 2.45) is 5.92 Å². The van der Waals surface area contributed by atoms with Crippen LogP contribution in [-0.2, 0) is 4.74 Å². The van der Waals surface area contributed by atoms with Gasteiger partial charge in [-0.05, 0) is 56.4 Å². The fraction of sp³-hybridized carbons (Fsp3) is 0.588. The van der Waals surface area contributed by atoms with E-state index < -0.39 is 0 Å². The van der Waals surface area contributed by atoms with Crippen molar-refractivity contribution in [3.63, 3.8) is 0 Å². The van der Waals surface area contributed by atoms with Gasteiger partial charge in [0.2, 0.25) is 0 Å². The van der Waals surface area contributed by atoms with Crippen LogP contribution in [0.5, 0.6) is 0 Å². The Morgan fingerprint density at radius 1 is 1.35 bits per heavy atom. The number of Topliss-reactive ketones (excluding diaryl/α,β-unsaturated/α-hetero) is 1. The van der Waals surface area contributed by atoms with Crippen molar-refractivity contribution in [2.45, 2.75) is 51.0 Å². The second-order valence-electron chi connectivity index (χ2n) is 6.26. The van der Waals surface area contributed by atoms with Gasteiger partial charge >= 0.3 is 0 Å². The van der Waals surface area contributed by atoms with E-state index in [0.29, 0.717) is 17.7 Å². The summed E-state index contributed by atoms with van der Waals surface area (Å²) in [5, 5.41) is 0. The fourth-order valence-electron chi connectivity index (χ4n) is 3.65. The third-order valence-corrected chi connectivity index (χ3v) is 4.82. The van der Waals surface area contributed by atoms with Crippen LogP contribution in [0, 0.1) is 18.7 Å². The smallest absolute Gasteiger partial charge is 0.166 e. The van der Waals surface area contributed by atoms with Crippen molar-refractivity contribution in [1.82, 2.24) is 0 Å². The molecule has 0 aromatic heterocycles. The summed E-state index contributed by atoms with van der Waals surface area (Å²) in [5.41, 5.74) is 1.13. The topological polar surface area (TPSA) is 26.3 Å². The van der Waals surface area contributed by atoms with E-state index in [4.69, 9.17) is 4.74 Å². The number of ether oxygens (including phenoxy) is 1. The van der Waals surface area contributed by atoms with Crippen LogP contribution in [-0.4, -0.2) is 18.0 Å². The van der Waals surface area contributed by atoms with Crippen LogP contribution in [0.4, 0.5) is 4.39 Å². The number of carbonyl (C=O) groups excluding carboxylic acids is 1. The van der Waals surface area contributed by atoms with Crippen molar-refractivity contribution in [2.75, 3.05) is 6.61 Å². The molecule has 1 saturated heterocycles. The van der Waals surface area contributed by atoms with E-state index in [2.05, 4.69) is 0 Å². The summed E-state index contributed by atoms with van der Waals surface area (Å²) >= 11 is 0. The summed E-state index contributed by atoms with van der Waals surface area (Å²) in [6.07, 6.45) is 6.20. The molecule has 0 radical (unpaired) electrons. The van der Waals surface area contributed by atoms with Gasteiger partial charge in [0.05, 0.1) is 5.60 Å². The summed E-state index contributed by atoms with van der Waals surface area (Å²) in [4.78, 5) is 12.6. The first kappa shape index (κ1) is 13.7. The van der Waals surface area contributed by atoms with Crippen molar-refractivity contribution >= 4 is 5.78 Å². The first-order valence-corrected chi connectivity index (χ1v) is 7.54. The summed E-state index contributed by atoms with van der Waals surface area (Å²) in [7, 11) is 0.